The van der Waals surface area contributed by atoms with Crippen LogP contribution in [0, 0.1) is 5.82 Å². The first-order valence-corrected chi connectivity index (χ1v) is 10.2. The molecule has 0 unspecified atom stereocenters. The number of ether oxygens (including phenoxy) is 1. The predicted octanol–water partition coefficient (Wildman–Crippen LogP) is 3.61. The Kier molecular flexibility index (Phi) is 5.90. The van der Waals surface area contributed by atoms with Gasteiger partial charge in [-0.1, -0.05) is 12.1 Å². The van der Waals surface area contributed by atoms with Gasteiger partial charge in [0.05, 0.1) is 11.3 Å². The maximum atomic E-state index is 12.9. The largest absolute Gasteiger partial charge is 0.474 e. The summed E-state index contributed by atoms with van der Waals surface area (Å²) in [5.74, 6) is -0.587. The van der Waals surface area contributed by atoms with Gasteiger partial charge in [0.1, 0.15) is 11.9 Å². The average molecular weight is 418 g/mol. The lowest BCUT2D eigenvalue weighted by Crippen LogP contribution is -2.42. The number of halogens is 4. The minimum atomic E-state index is -4.46. The van der Waals surface area contributed by atoms with E-state index in [1.165, 1.54) is 28.6 Å². The van der Waals surface area contributed by atoms with Crippen LogP contribution in [0.1, 0.15) is 24.0 Å². The van der Waals surface area contributed by atoms with E-state index in [4.69, 9.17) is 4.74 Å². The van der Waals surface area contributed by atoms with Crippen LogP contribution in [-0.4, -0.2) is 36.9 Å². The lowest BCUT2D eigenvalue weighted by atomic mass is 10.1. The van der Waals surface area contributed by atoms with Gasteiger partial charge in [0.25, 0.3) is 0 Å². The second-order valence-electron chi connectivity index (χ2n) is 6.48. The van der Waals surface area contributed by atoms with Gasteiger partial charge in [-0.2, -0.15) is 13.2 Å². The number of piperidine rings is 1. The first kappa shape index (κ1) is 20.5. The van der Waals surface area contributed by atoms with Crippen LogP contribution < -0.4 is 4.74 Å². The van der Waals surface area contributed by atoms with Crippen LogP contribution in [0.2, 0.25) is 0 Å². The Labute approximate surface area is 160 Å². The van der Waals surface area contributed by atoms with Crippen molar-refractivity contribution in [3.8, 4) is 5.88 Å². The Balaban J connectivity index is 1.54. The SMILES string of the molecule is O=S(=O)(Cc1ccc(F)cc1)N1CCC(Oc2ccc(C(F)(F)F)cn2)CC1. The molecular formula is C18H18F4N2O3S. The van der Waals surface area contributed by atoms with E-state index in [1.807, 2.05) is 0 Å². The molecule has 28 heavy (non-hydrogen) atoms. The van der Waals surface area contributed by atoms with Gasteiger partial charge in [-0.25, -0.2) is 22.1 Å². The van der Waals surface area contributed by atoms with Gasteiger partial charge in [-0.15, -0.1) is 0 Å². The topological polar surface area (TPSA) is 59.5 Å². The van der Waals surface area contributed by atoms with Crippen molar-refractivity contribution in [3.63, 3.8) is 0 Å². The van der Waals surface area contributed by atoms with Crippen molar-refractivity contribution < 1.29 is 30.7 Å². The number of rotatable bonds is 5. The van der Waals surface area contributed by atoms with Crippen molar-refractivity contribution in [1.29, 1.82) is 0 Å². The molecule has 0 atom stereocenters. The van der Waals surface area contributed by atoms with Gasteiger partial charge in [0, 0.05) is 25.4 Å². The lowest BCUT2D eigenvalue weighted by Gasteiger charge is -2.31. The Morgan fingerprint density at radius 2 is 1.71 bits per heavy atom. The summed E-state index contributed by atoms with van der Waals surface area (Å²) in [5.41, 5.74) is -0.365. The summed E-state index contributed by atoms with van der Waals surface area (Å²) in [5, 5.41) is 0. The number of alkyl halides is 3. The molecule has 2 aromatic rings. The van der Waals surface area contributed by atoms with Crippen LogP contribution in [0.25, 0.3) is 0 Å². The fourth-order valence-corrected chi connectivity index (χ4v) is 4.46. The molecule has 3 rings (SSSR count). The molecule has 2 heterocycles. The van der Waals surface area contributed by atoms with Crippen molar-refractivity contribution in [1.82, 2.24) is 9.29 Å². The van der Waals surface area contributed by atoms with Crippen LogP contribution in [0.15, 0.2) is 42.6 Å². The highest BCUT2D eigenvalue weighted by molar-refractivity contribution is 7.88. The van der Waals surface area contributed by atoms with Crippen LogP contribution in [0.3, 0.4) is 0 Å². The molecular weight excluding hydrogens is 400 g/mol. The average Bonchev–Trinajstić information content (AvgIpc) is 2.64. The van der Waals surface area contributed by atoms with Gasteiger partial charge in [0.15, 0.2) is 0 Å². The molecule has 5 nitrogen and oxygen atoms in total. The van der Waals surface area contributed by atoms with Crippen LogP contribution >= 0.6 is 0 Å². The first-order valence-electron chi connectivity index (χ1n) is 8.56. The summed E-state index contributed by atoms with van der Waals surface area (Å²) in [6.45, 7) is 0.462. The van der Waals surface area contributed by atoms with Crippen molar-refractivity contribution in [2.24, 2.45) is 0 Å². The fraction of sp³-hybridized carbons (Fsp3) is 0.389. The Bertz CT molecular complexity index is 892. The van der Waals surface area contributed by atoms with Crippen molar-refractivity contribution in [3.05, 3.63) is 59.5 Å². The Morgan fingerprint density at radius 1 is 1.07 bits per heavy atom. The molecule has 1 aromatic carbocycles. The normalized spacial score (nSPS) is 16.9. The molecule has 0 amide bonds. The number of pyridine rings is 1. The summed E-state index contributed by atoms with van der Waals surface area (Å²) >= 11 is 0. The highest BCUT2D eigenvalue weighted by Gasteiger charge is 2.32. The third-order valence-electron chi connectivity index (χ3n) is 4.41. The molecule has 0 bridgehead atoms. The molecule has 0 N–H and O–H groups in total. The maximum absolute atomic E-state index is 12.9. The molecule has 1 fully saturated rings. The second kappa shape index (κ2) is 8.04. The zero-order valence-electron chi connectivity index (χ0n) is 14.7. The van der Waals surface area contributed by atoms with E-state index in [-0.39, 0.29) is 30.8 Å². The maximum Gasteiger partial charge on any atom is 0.417 e. The number of nitrogens with zero attached hydrogens (tertiary/aromatic N) is 2. The van der Waals surface area contributed by atoms with Gasteiger partial charge >= 0.3 is 6.18 Å². The summed E-state index contributed by atoms with van der Waals surface area (Å²) in [4.78, 5) is 3.67. The van der Waals surface area contributed by atoms with Gasteiger partial charge in [-0.3, -0.25) is 0 Å². The molecule has 0 aliphatic carbocycles. The standard InChI is InChI=1S/C18H18F4N2O3S/c19-15-4-1-13(2-5-15)12-28(25,26)24-9-7-16(8-10-24)27-17-6-3-14(11-23-17)18(20,21)22/h1-6,11,16H,7-10,12H2. The number of hydrogen-bond acceptors (Lipinski definition) is 4. The highest BCUT2D eigenvalue weighted by atomic mass is 32.2. The Morgan fingerprint density at radius 3 is 2.25 bits per heavy atom. The summed E-state index contributed by atoms with van der Waals surface area (Å²) in [6.07, 6.45) is -3.30. The smallest absolute Gasteiger partial charge is 0.417 e. The summed E-state index contributed by atoms with van der Waals surface area (Å²) < 4.78 is 82.5. The first-order chi connectivity index (χ1) is 13.1. The van der Waals surface area contributed by atoms with E-state index < -0.39 is 27.6 Å². The van der Waals surface area contributed by atoms with E-state index in [9.17, 15) is 26.0 Å². The number of hydrogen-bond donors (Lipinski definition) is 0. The van der Waals surface area contributed by atoms with Gasteiger partial charge < -0.3 is 4.74 Å². The molecule has 1 saturated heterocycles. The molecule has 1 aliphatic rings. The molecule has 0 spiro atoms. The van der Waals surface area contributed by atoms with Crippen LogP contribution in [-0.2, 0) is 22.0 Å². The van der Waals surface area contributed by atoms with Crippen molar-refractivity contribution in [2.75, 3.05) is 13.1 Å². The van der Waals surface area contributed by atoms with Crippen molar-refractivity contribution in [2.45, 2.75) is 30.9 Å². The monoisotopic (exact) mass is 418 g/mol. The van der Waals surface area contributed by atoms with Gasteiger partial charge in [0.2, 0.25) is 15.9 Å². The highest BCUT2D eigenvalue weighted by Crippen LogP contribution is 2.29. The van der Waals surface area contributed by atoms with Crippen molar-refractivity contribution >= 4 is 10.0 Å². The lowest BCUT2D eigenvalue weighted by molar-refractivity contribution is -0.137. The fourth-order valence-electron chi connectivity index (χ4n) is 2.90. The third-order valence-corrected chi connectivity index (χ3v) is 6.26. The number of aromatic nitrogens is 1. The zero-order valence-corrected chi connectivity index (χ0v) is 15.5. The van der Waals surface area contributed by atoms with E-state index in [0.29, 0.717) is 24.6 Å². The zero-order chi connectivity index (χ0) is 20.4. The van der Waals surface area contributed by atoms with E-state index in [2.05, 4.69) is 4.98 Å². The summed E-state index contributed by atoms with van der Waals surface area (Å²) in [6, 6.07) is 7.33. The number of sulfonamides is 1. The Hall–Kier alpha value is -2.20. The second-order valence-corrected chi connectivity index (χ2v) is 8.45. The quantitative estimate of drug-likeness (QED) is 0.696. The summed E-state index contributed by atoms with van der Waals surface area (Å²) in [7, 11) is -3.55. The molecule has 152 valence electrons. The van der Waals surface area contributed by atoms with Crippen LogP contribution in [0.5, 0.6) is 5.88 Å². The van der Waals surface area contributed by atoms with E-state index in [0.717, 1.165) is 12.1 Å². The molecule has 10 heteroatoms. The molecule has 1 aromatic heterocycles. The van der Waals surface area contributed by atoms with E-state index >= 15 is 0 Å². The number of benzene rings is 1. The minimum absolute atomic E-state index is 0.0700. The minimum Gasteiger partial charge on any atom is -0.474 e. The predicted molar refractivity (Wildman–Crippen MR) is 93.5 cm³/mol. The van der Waals surface area contributed by atoms with Crippen LogP contribution in [0.4, 0.5) is 17.6 Å². The third kappa shape index (κ3) is 5.20. The van der Waals surface area contributed by atoms with E-state index in [1.54, 1.807) is 0 Å². The van der Waals surface area contributed by atoms with Gasteiger partial charge in [-0.05, 0) is 36.6 Å². The molecule has 0 saturated carbocycles. The molecule has 0 radical (unpaired) electrons. The molecule has 1 aliphatic heterocycles.